The van der Waals surface area contributed by atoms with Gasteiger partial charge in [0.1, 0.15) is 35.5 Å². The summed E-state index contributed by atoms with van der Waals surface area (Å²) in [4.78, 5) is 28.5. The molecular weight excluding hydrogens is 482 g/mol. The van der Waals surface area contributed by atoms with E-state index in [1.807, 2.05) is 25.1 Å². The Labute approximate surface area is 220 Å². The minimum atomic E-state index is -2.16. The van der Waals surface area contributed by atoms with Gasteiger partial charge in [-0.1, -0.05) is 64.0 Å². The lowest BCUT2D eigenvalue weighted by Gasteiger charge is -2.45. The van der Waals surface area contributed by atoms with Gasteiger partial charge in [0.25, 0.3) is 0 Å². The van der Waals surface area contributed by atoms with E-state index in [0.717, 1.165) is 5.56 Å². The zero-order valence-corrected chi connectivity index (χ0v) is 23.3. The smallest absolute Gasteiger partial charge is 0.415 e. The van der Waals surface area contributed by atoms with Gasteiger partial charge < -0.3 is 13.9 Å². The Hall–Kier alpha value is -3.26. The molecule has 0 radical (unpaired) electrons. The lowest BCUT2D eigenvalue weighted by Crippen LogP contribution is -2.61. The first kappa shape index (κ1) is 25.4. The van der Waals surface area contributed by atoms with E-state index < -0.39 is 37.6 Å². The van der Waals surface area contributed by atoms with E-state index >= 15 is 0 Å². The van der Waals surface area contributed by atoms with E-state index in [1.54, 1.807) is 17.1 Å². The molecule has 1 aromatic rings. The number of ketones is 1. The molecule has 0 N–H and O–H groups in total. The number of epoxide rings is 1. The van der Waals surface area contributed by atoms with Crippen LogP contribution in [0.1, 0.15) is 39.7 Å². The van der Waals surface area contributed by atoms with Crippen LogP contribution in [0.3, 0.4) is 0 Å². The Morgan fingerprint density at radius 1 is 1.27 bits per heavy atom. The number of benzene rings is 1. The monoisotopic (exact) mass is 515 g/mol. The number of fused-ring (bicyclic) bond motifs is 1. The van der Waals surface area contributed by atoms with Gasteiger partial charge in [-0.3, -0.25) is 9.69 Å². The van der Waals surface area contributed by atoms with E-state index in [1.165, 1.54) is 6.08 Å². The highest BCUT2D eigenvalue weighted by atomic mass is 28.4. The average molecular weight is 516 g/mol. The van der Waals surface area contributed by atoms with Crippen LogP contribution in [-0.4, -0.2) is 38.4 Å². The molecule has 4 bridgehead atoms. The Kier molecular flexibility index (Phi) is 5.75. The van der Waals surface area contributed by atoms with Crippen LogP contribution in [0, 0.1) is 35.5 Å². The minimum absolute atomic E-state index is 0.00505. The highest BCUT2D eigenvalue weighted by molar-refractivity contribution is 6.74. The van der Waals surface area contributed by atoms with E-state index in [4.69, 9.17) is 13.9 Å². The highest BCUT2D eigenvalue weighted by Crippen LogP contribution is 2.73. The summed E-state index contributed by atoms with van der Waals surface area (Å²) in [5.41, 5.74) is -0.589. The first-order chi connectivity index (χ1) is 17.4. The SMILES string of the molecule is C=CCOC(=O)N1c2ccc(O[Si](C)(C)C(C)(C)C)cc2[C@@]23O[C@@]24[C@@H]1C#C/C=C\C#C[C@@H]3C(=O)C[C@@H]4C. The maximum absolute atomic E-state index is 13.5. The van der Waals surface area contributed by atoms with Crippen LogP contribution in [0.15, 0.2) is 43.0 Å². The number of anilines is 1. The van der Waals surface area contributed by atoms with Gasteiger partial charge in [-0.2, -0.15) is 0 Å². The molecule has 2 aliphatic carbocycles. The third-order valence-electron chi connectivity index (χ3n) is 8.53. The molecule has 5 atom stereocenters. The van der Waals surface area contributed by atoms with Gasteiger partial charge in [-0.25, -0.2) is 4.79 Å². The Balaban J connectivity index is 1.75. The van der Waals surface area contributed by atoms with Crippen molar-refractivity contribution in [1.82, 2.24) is 0 Å². The molecule has 6 nitrogen and oxygen atoms in total. The van der Waals surface area contributed by atoms with Gasteiger partial charge in [0.05, 0.1) is 5.69 Å². The number of hydrogen-bond acceptors (Lipinski definition) is 5. The van der Waals surface area contributed by atoms with E-state index in [-0.39, 0.29) is 23.3 Å². The van der Waals surface area contributed by atoms with Gasteiger partial charge >= 0.3 is 6.09 Å². The second kappa shape index (κ2) is 8.38. The van der Waals surface area contributed by atoms with Crippen molar-refractivity contribution in [3.05, 3.63) is 48.6 Å². The second-order valence-electron chi connectivity index (χ2n) is 11.7. The number of carbonyl (C=O) groups excluding carboxylic acids is 2. The molecule has 1 amide bonds. The second-order valence-corrected chi connectivity index (χ2v) is 16.5. The number of rotatable bonds is 4. The minimum Gasteiger partial charge on any atom is -0.543 e. The Morgan fingerprint density at radius 2 is 1.97 bits per heavy atom. The average Bonchev–Trinajstić information content (AvgIpc) is 3.54. The van der Waals surface area contributed by atoms with Crippen molar-refractivity contribution in [2.24, 2.45) is 11.8 Å². The van der Waals surface area contributed by atoms with Crippen molar-refractivity contribution in [2.75, 3.05) is 11.5 Å². The van der Waals surface area contributed by atoms with Gasteiger partial charge in [0.15, 0.2) is 5.78 Å². The van der Waals surface area contributed by atoms with Crippen molar-refractivity contribution in [1.29, 1.82) is 0 Å². The first-order valence-corrected chi connectivity index (χ1v) is 15.6. The fraction of sp³-hybridized carbons (Fsp3) is 0.467. The quantitative estimate of drug-likeness (QED) is 0.234. The summed E-state index contributed by atoms with van der Waals surface area (Å²) in [7, 11) is -2.16. The molecule has 7 heteroatoms. The first-order valence-electron chi connectivity index (χ1n) is 12.7. The molecule has 2 heterocycles. The van der Waals surface area contributed by atoms with Crippen LogP contribution >= 0.6 is 0 Å². The summed E-state index contributed by atoms with van der Waals surface area (Å²) in [5.74, 6) is 12.3. The topological polar surface area (TPSA) is 68.4 Å². The highest BCUT2D eigenvalue weighted by Gasteiger charge is 2.85. The van der Waals surface area contributed by atoms with Crippen LogP contribution in [-0.2, 0) is 19.9 Å². The molecule has 2 aliphatic heterocycles. The predicted octanol–water partition coefficient (Wildman–Crippen LogP) is 5.35. The fourth-order valence-corrected chi connectivity index (χ4v) is 6.73. The predicted molar refractivity (Wildman–Crippen MR) is 145 cm³/mol. The zero-order chi connectivity index (χ0) is 26.8. The summed E-state index contributed by atoms with van der Waals surface area (Å²) in [5, 5.41) is -0.00505. The zero-order valence-electron chi connectivity index (χ0n) is 22.3. The van der Waals surface area contributed by atoms with E-state index in [9.17, 15) is 9.59 Å². The normalized spacial score (nSPS) is 31.8. The van der Waals surface area contributed by atoms with Crippen molar-refractivity contribution >= 4 is 25.9 Å². The number of allylic oxidation sites excluding steroid dienone is 2. The van der Waals surface area contributed by atoms with Crippen LogP contribution in [0.25, 0.3) is 0 Å². The number of Topliss-reactive ketones (excluding diaryl/α,β-unsaturated/α-hetero) is 1. The maximum Gasteiger partial charge on any atom is 0.415 e. The number of nitrogens with zero attached hydrogens (tertiary/aromatic N) is 1. The van der Waals surface area contributed by atoms with Gasteiger partial charge in [0, 0.05) is 12.0 Å². The van der Waals surface area contributed by atoms with Crippen molar-refractivity contribution in [3.63, 3.8) is 0 Å². The molecule has 37 heavy (non-hydrogen) atoms. The largest absolute Gasteiger partial charge is 0.543 e. The Morgan fingerprint density at radius 3 is 2.65 bits per heavy atom. The van der Waals surface area contributed by atoms with Gasteiger partial charge in [0.2, 0.25) is 8.32 Å². The van der Waals surface area contributed by atoms with Gasteiger partial charge in [-0.15, -0.1) is 0 Å². The Bertz CT molecular complexity index is 1350. The molecule has 192 valence electrons. The molecule has 0 spiro atoms. The molecule has 1 saturated heterocycles. The molecular formula is C30H33NO5Si. The lowest BCUT2D eigenvalue weighted by molar-refractivity contribution is -0.125. The summed E-state index contributed by atoms with van der Waals surface area (Å²) in [6, 6.07) is 5.03. The summed E-state index contributed by atoms with van der Waals surface area (Å²) < 4.78 is 18.9. The van der Waals surface area contributed by atoms with Crippen LogP contribution in [0.5, 0.6) is 5.75 Å². The standard InChI is InChI=1S/C30H33NO5Si/c1-8-17-34-27(33)31-24-16-15-21(35-37(6,7)28(3,4)5)19-23(24)30-22-13-11-9-10-12-14-26(31)29(30,36-30)20(2)18-25(22)32/h8-10,15-16,19-20,22,26H,1,17-18H2,2-7H3/b10-9-/t20-,22+,26-,29-,30+/m0/s1. The van der Waals surface area contributed by atoms with Gasteiger partial charge in [-0.05, 0) is 54.4 Å². The van der Waals surface area contributed by atoms with Crippen LogP contribution in [0.4, 0.5) is 10.5 Å². The molecule has 1 saturated carbocycles. The molecule has 4 aliphatic rings. The third kappa shape index (κ3) is 3.52. The fourth-order valence-electron chi connectivity index (χ4n) is 5.70. The number of carbonyl (C=O) groups is 2. The van der Waals surface area contributed by atoms with Crippen LogP contribution < -0.4 is 9.33 Å². The van der Waals surface area contributed by atoms with Crippen LogP contribution in [0.2, 0.25) is 18.1 Å². The van der Waals surface area contributed by atoms with E-state index in [0.29, 0.717) is 17.9 Å². The van der Waals surface area contributed by atoms with E-state index in [2.05, 4.69) is 64.1 Å². The summed E-state index contributed by atoms with van der Waals surface area (Å²) in [6.45, 7) is 16.7. The number of hydrogen-bond donors (Lipinski definition) is 0. The maximum atomic E-state index is 13.5. The number of ether oxygens (including phenoxy) is 2. The molecule has 0 unspecified atom stereocenters. The third-order valence-corrected chi connectivity index (χ3v) is 12.9. The van der Waals surface area contributed by atoms with Crippen molar-refractivity contribution < 1.29 is 23.5 Å². The van der Waals surface area contributed by atoms with Crippen molar-refractivity contribution in [2.45, 2.75) is 69.5 Å². The summed E-state index contributed by atoms with van der Waals surface area (Å²) in [6.07, 6.45) is 4.57. The molecule has 2 fully saturated rings. The molecule has 0 aromatic heterocycles. The summed E-state index contributed by atoms with van der Waals surface area (Å²) >= 11 is 0. The number of amides is 1. The molecule has 1 aromatic carbocycles. The molecule has 5 rings (SSSR count). The lowest BCUT2D eigenvalue weighted by atomic mass is 9.59. The van der Waals surface area contributed by atoms with Crippen molar-refractivity contribution in [3.8, 4) is 29.4 Å².